The normalized spacial score (nSPS) is 9.42. The molecule has 0 aliphatic rings. The third-order valence-electron chi connectivity index (χ3n) is 6.03. The number of carbonyl (C=O) groups is 3. The number of benzene rings is 2. The van der Waals surface area contributed by atoms with Crippen molar-refractivity contribution < 1.29 is 34.1 Å². The molecular weight excluding hydrogens is 886 g/mol. The first-order valence-corrected chi connectivity index (χ1v) is 20.6. The standard InChI is InChI=1S/C13H18Cl2N2O2.C8H11NO.C7H13Cl2NO2.C4H9Cl2N.C3H5ClO2.ClH/c14-6-9-17(10-7-15)13(19)16-8-5-11-1-3-12(18)4-2-11;9-6-5-7-1-3-8(10)4-2-7;1-2-12-7(11)10(5-3-8)6-4-9;5-1-3-7-4-2-6;1-2-6-3(4)5;/h1-4,18H,5-10H2,(H,16,19);1-4,10H,5-6,9H2;2-6H2,1H3;7H,1-4H2;2H2,1H3;1H. The summed E-state index contributed by atoms with van der Waals surface area (Å²) in [6, 6.07) is 13.9. The first kappa shape index (κ1) is 60.0. The molecule has 0 aliphatic heterocycles. The maximum absolute atomic E-state index is 11.8. The number of hydrogen-bond donors (Lipinski definition) is 5. The number of amides is 3. The van der Waals surface area contributed by atoms with Gasteiger partial charge in [0.2, 0.25) is 0 Å². The minimum absolute atomic E-state index is 0. The van der Waals surface area contributed by atoms with Gasteiger partial charge in [-0.05, 0) is 68.6 Å². The largest absolute Gasteiger partial charge is 0.508 e. The van der Waals surface area contributed by atoms with Crippen molar-refractivity contribution in [3.63, 3.8) is 0 Å². The van der Waals surface area contributed by atoms with Gasteiger partial charge in [-0.3, -0.25) is 0 Å². The van der Waals surface area contributed by atoms with Crippen LogP contribution in [0.25, 0.3) is 0 Å². The molecule has 0 bridgehead atoms. The number of aromatic hydroxyl groups is 2. The van der Waals surface area contributed by atoms with E-state index in [1.54, 1.807) is 43.0 Å². The molecule has 0 radical (unpaired) electrons. The number of urea groups is 1. The number of alkyl halides is 6. The molecule has 0 atom stereocenters. The zero-order valence-corrected chi connectivity index (χ0v) is 37.4. The van der Waals surface area contributed by atoms with E-state index in [1.165, 1.54) is 10.5 Å². The molecule has 55 heavy (non-hydrogen) atoms. The minimum Gasteiger partial charge on any atom is -0.508 e. The van der Waals surface area contributed by atoms with Crippen molar-refractivity contribution in [2.24, 2.45) is 5.73 Å². The van der Waals surface area contributed by atoms with Crippen LogP contribution >= 0.6 is 93.6 Å². The molecule has 0 saturated heterocycles. The monoisotopic (exact) mass is 939 g/mol. The van der Waals surface area contributed by atoms with E-state index in [1.807, 2.05) is 24.3 Å². The summed E-state index contributed by atoms with van der Waals surface area (Å²) in [4.78, 5) is 35.6. The van der Waals surface area contributed by atoms with Crippen LogP contribution in [0.1, 0.15) is 25.0 Å². The van der Waals surface area contributed by atoms with Crippen molar-refractivity contribution in [2.75, 3.05) is 101 Å². The van der Waals surface area contributed by atoms with Gasteiger partial charge in [0.15, 0.2) is 0 Å². The fraction of sp³-hybridized carbons (Fsp3) is 0.571. The zero-order chi connectivity index (χ0) is 41.4. The van der Waals surface area contributed by atoms with Crippen LogP contribution in [0.3, 0.4) is 0 Å². The van der Waals surface area contributed by atoms with Crippen LogP contribution in [-0.2, 0) is 22.3 Å². The summed E-state index contributed by atoms with van der Waals surface area (Å²) < 4.78 is 8.95. The molecule has 20 heteroatoms. The van der Waals surface area contributed by atoms with Crippen LogP contribution in [-0.4, -0.2) is 138 Å². The Kier molecular flexibility index (Phi) is 49.1. The quantitative estimate of drug-likeness (QED) is 0.0532. The van der Waals surface area contributed by atoms with Crippen molar-refractivity contribution >= 4 is 111 Å². The molecule has 0 aromatic heterocycles. The highest BCUT2D eigenvalue weighted by molar-refractivity contribution is 6.61. The average molecular weight is 943 g/mol. The number of hydrogen-bond acceptors (Lipinski definition) is 9. The van der Waals surface area contributed by atoms with E-state index in [-0.39, 0.29) is 30.3 Å². The van der Waals surface area contributed by atoms with Gasteiger partial charge >= 0.3 is 17.6 Å². The van der Waals surface area contributed by atoms with Crippen LogP contribution in [0.15, 0.2) is 48.5 Å². The lowest BCUT2D eigenvalue weighted by atomic mass is 10.1. The third kappa shape index (κ3) is 40.3. The molecule has 0 fully saturated rings. The predicted molar refractivity (Wildman–Crippen MR) is 234 cm³/mol. The molecule has 320 valence electrons. The van der Waals surface area contributed by atoms with E-state index in [0.29, 0.717) is 99.9 Å². The Morgan fingerprint density at radius 2 is 1.04 bits per heavy atom. The highest BCUT2D eigenvalue weighted by Gasteiger charge is 2.12. The molecular formula is C35H57Cl8N5O7. The summed E-state index contributed by atoms with van der Waals surface area (Å²) in [5.74, 6) is 3.45. The fourth-order valence-electron chi connectivity index (χ4n) is 3.52. The number of nitrogens with two attached hydrogens (primary N) is 1. The predicted octanol–water partition coefficient (Wildman–Crippen LogP) is 8.10. The van der Waals surface area contributed by atoms with Crippen molar-refractivity contribution in [3.05, 3.63) is 59.7 Å². The van der Waals surface area contributed by atoms with Gasteiger partial charge in [0, 0.05) is 92.7 Å². The van der Waals surface area contributed by atoms with Gasteiger partial charge in [0.1, 0.15) is 11.5 Å². The molecule has 2 aromatic rings. The van der Waals surface area contributed by atoms with E-state index in [2.05, 4.69) is 15.4 Å². The van der Waals surface area contributed by atoms with Crippen LogP contribution in [0.5, 0.6) is 11.5 Å². The smallest absolute Gasteiger partial charge is 0.409 e. The van der Waals surface area contributed by atoms with E-state index in [0.717, 1.165) is 25.1 Å². The molecule has 2 aromatic carbocycles. The number of nitrogens with zero attached hydrogens (tertiary/aromatic N) is 2. The van der Waals surface area contributed by atoms with Crippen molar-refractivity contribution in [1.82, 2.24) is 20.4 Å². The minimum atomic E-state index is -0.738. The van der Waals surface area contributed by atoms with E-state index >= 15 is 0 Å². The van der Waals surface area contributed by atoms with Crippen molar-refractivity contribution in [1.29, 1.82) is 0 Å². The van der Waals surface area contributed by atoms with Gasteiger partial charge in [-0.25, -0.2) is 14.4 Å². The van der Waals surface area contributed by atoms with E-state index in [9.17, 15) is 14.4 Å². The Morgan fingerprint density at radius 1 is 0.636 bits per heavy atom. The first-order chi connectivity index (χ1) is 25.9. The number of rotatable bonds is 19. The van der Waals surface area contributed by atoms with Gasteiger partial charge in [-0.2, -0.15) is 0 Å². The maximum Gasteiger partial charge on any atom is 0.409 e. The summed E-state index contributed by atoms with van der Waals surface area (Å²) in [6.07, 6.45) is 1.24. The molecule has 3 amide bonds. The molecule has 0 unspecified atom stereocenters. The number of phenolic OH excluding ortho intramolecular Hbond substituents is 2. The summed E-state index contributed by atoms with van der Waals surface area (Å²) in [7, 11) is 0. The van der Waals surface area contributed by atoms with E-state index in [4.69, 9.17) is 102 Å². The Hall–Kier alpha value is -1.71. The molecule has 0 aliphatic carbocycles. The van der Waals surface area contributed by atoms with Crippen LogP contribution < -0.4 is 16.4 Å². The lowest BCUT2D eigenvalue weighted by molar-refractivity contribution is 0.111. The Balaban J connectivity index is -0.000000314. The van der Waals surface area contributed by atoms with Crippen molar-refractivity contribution in [3.8, 4) is 11.5 Å². The molecule has 2 rings (SSSR count). The van der Waals surface area contributed by atoms with Crippen LogP contribution in [0, 0.1) is 0 Å². The van der Waals surface area contributed by atoms with Crippen LogP contribution in [0.2, 0.25) is 0 Å². The lowest BCUT2D eigenvalue weighted by Gasteiger charge is -2.20. The number of halogens is 8. The van der Waals surface area contributed by atoms with Gasteiger partial charge < -0.3 is 45.9 Å². The van der Waals surface area contributed by atoms with Gasteiger partial charge in [-0.15, -0.1) is 82.0 Å². The molecule has 0 spiro atoms. The van der Waals surface area contributed by atoms with E-state index < -0.39 is 5.43 Å². The Bertz CT molecular complexity index is 1150. The molecule has 0 saturated carbocycles. The highest BCUT2D eigenvalue weighted by atomic mass is 35.5. The molecule has 6 N–H and O–H groups in total. The summed E-state index contributed by atoms with van der Waals surface area (Å²) >= 11 is 37.6. The van der Waals surface area contributed by atoms with Gasteiger partial charge in [-0.1, -0.05) is 24.3 Å². The summed E-state index contributed by atoms with van der Waals surface area (Å²) in [5.41, 5.74) is 6.82. The highest BCUT2D eigenvalue weighted by Crippen LogP contribution is 2.10. The number of phenols is 2. The average Bonchev–Trinajstić information content (AvgIpc) is 3.15. The third-order valence-corrected chi connectivity index (χ3v) is 7.19. The number of nitrogens with one attached hydrogen (secondary N) is 2. The molecule has 12 nitrogen and oxygen atoms in total. The Morgan fingerprint density at radius 3 is 1.36 bits per heavy atom. The lowest BCUT2D eigenvalue weighted by Crippen LogP contribution is -2.42. The Labute approximate surface area is 367 Å². The zero-order valence-electron chi connectivity index (χ0n) is 31.3. The van der Waals surface area contributed by atoms with Crippen molar-refractivity contribution in [2.45, 2.75) is 26.7 Å². The number of ether oxygens (including phenoxy) is 2. The second-order valence-corrected chi connectivity index (χ2v) is 12.7. The van der Waals surface area contributed by atoms with Gasteiger partial charge in [0.25, 0.3) is 0 Å². The fourth-order valence-corrected chi connectivity index (χ4v) is 4.71. The summed E-state index contributed by atoms with van der Waals surface area (Å²) in [5, 5.41) is 23.9. The number of carbonyl (C=O) groups excluding carboxylic acids is 3. The second kappa shape index (κ2) is 45.0. The second-order valence-electron chi connectivity index (χ2n) is 10.1. The molecule has 0 heterocycles. The topological polar surface area (TPSA) is 167 Å². The summed E-state index contributed by atoms with van der Waals surface area (Å²) in [6.45, 7) is 9.01. The maximum atomic E-state index is 11.8. The van der Waals surface area contributed by atoms with Gasteiger partial charge in [0.05, 0.1) is 13.2 Å². The van der Waals surface area contributed by atoms with Crippen LogP contribution in [0.4, 0.5) is 14.4 Å². The SMILES string of the molecule is CCOC(=O)Cl.CCOC(=O)N(CCCl)CCCl.Cl.ClCCNCCCl.NCCc1ccc(O)cc1.O=C(NCCc1ccc(O)cc1)N(CCCl)CCCl. The first-order valence-electron chi connectivity index (χ1n) is 17.0.